The number of unbranched alkanes of at least 4 members (excludes halogenated alkanes) is 3. The number of hydrogen-bond acceptors (Lipinski definition) is 1. The molecule has 0 N–H and O–H groups in total. The minimum Gasteiger partial charge on any atom is -0.303 e. The minimum absolute atomic E-state index is 0.702. The Labute approximate surface area is 118 Å². The molecule has 0 saturated carbocycles. The van der Waals surface area contributed by atoms with Crippen LogP contribution in [0.2, 0.25) is 0 Å². The van der Waals surface area contributed by atoms with Gasteiger partial charge in [-0.2, -0.15) is 0 Å². The predicted octanol–water partition coefficient (Wildman–Crippen LogP) is 5.55. The molecule has 0 radical (unpaired) electrons. The molecule has 106 valence electrons. The van der Waals surface area contributed by atoms with Crippen molar-refractivity contribution in [3.63, 3.8) is 0 Å². The molecule has 0 heterocycles. The zero-order valence-electron chi connectivity index (χ0n) is 12.3. The van der Waals surface area contributed by atoms with Gasteiger partial charge >= 0.3 is 0 Å². The van der Waals surface area contributed by atoms with Crippen LogP contribution in [-0.4, -0.2) is 6.29 Å². The van der Waals surface area contributed by atoms with Gasteiger partial charge in [-0.3, -0.25) is 0 Å². The Bertz CT molecular complexity index is 295. The number of rotatable bonds is 12. The van der Waals surface area contributed by atoms with Gasteiger partial charge in [0.25, 0.3) is 0 Å². The van der Waals surface area contributed by atoms with E-state index in [1.54, 1.807) is 0 Å². The molecule has 0 bridgehead atoms. The lowest BCUT2D eigenvalue weighted by molar-refractivity contribution is -0.107. The summed E-state index contributed by atoms with van der Waals surface area (Å²) in [6.07, 6.45) is 26.7. The molecule has 0 aliphatic heterocycles. The normalized spacial score (nSPS) is 12.5. The fourth-order valence-corrected chi connectivity index (χ4v) is 1.59. The summed E-state index contributed by atoms with van der Waals surface area (Å²) in [6.45, 7) is 2.15. The van der Waals surface area contributed by atoms with Crippen LogP contribution in [0, 0.1) is 0 Å². The van der Waals surface area contributed by atoms with Crippen LogP contribution >= 0.6 is 0 Å². The lowest BCUT2D eigenvalue weighted by atomic mass is 10.2. The summed E-state index contributed by atoms with van der Waals surface area (Å²) in [4.78, 5) is 10.1. The average molecular weight is 260 g/mol. The average Bonchev–Trinajstić information content (AvgIpc) is 2.43. The van der Waals surface area contributed by atoms with E-state index in [0.29, 0.717) is 6.42 Å². The number of allylic oxidation sites excluding steroid dienone is 8. The number of aldehydes is 1. The molecule has 0 fully saturated rings. The van der Waals surface area contributed by atoms with E-state index in [0.717, 1.165) is 51.2 Å². The highest BCUT2D eigenvalue weighted by atomic mass is 16.1. The van der Waals surface area contributed by atoms with Gasteiger partial charge < -0.3 is 4.79 Å². The van der Waals surface area contributed by atoms with Crippen molar-refractivity contribution in [3.05, 3.63) is 48.6 Å². The number of carbonyl (C=O) groups is 1. The predicted molar refractivity (Wildman–Crippen MR) is 85.2 cm³/mol. The second kappa shape index (κ2) is 16.6. The van der Waals surface area contributed by atoms with Crippen LogP contribution in [0.15, 0.2) is 48.6 Å². The van der Waals surface area contributed by atoms with Crippen molar-refractivity contribution in [2.24, 2.45) is 0 Å². The van der Waals surface area contributed by atoms with Crippen LogP contribution in [0.25, 0.3) is 0 Å². The van der Waals surface area contributed by atoms with Gasteiger partial charge in [-0.25, -0.2) is 0 Å². The Hall–Kier alpha value is -1.37. The maximum atomic E-state index is 10.1. The summed E-state index contributed by atoms with van der Waals surface area (Å²) in [5.41, 5.74) is 0. The molecule has 0 aliphatic carbocycles. The quantitative estimate of drug-likeness (QED) is 0.255. The van der Waals surface area contributed by atoms with Crippen LogP contribution in [0.4, 0.5) is 0 Å². The van der Waals surface area contributed by atoms with Crippen molar-refractivity contribution >= 4 is 6.29 Å². The molecule has 0 aliphatic rings. The second-order valence-electron chi connectivity index (χ2n) is 4.45. The van der Waals surface area contributed by atoms with Crippen molar-refractivity contribution in [1.82, 2.24) is 0 Å². The lowest BCUT2D eigenvalue weighted by Gasteiger charge is -1.90. The number of hydrogen-bond donors (Lipinski definition) is 0. The highest BCUT2D eigenvalue weighted by Crippen LogP contribution is 2.00. The zero-order chi connectivity index (χ0) is 14.0. The molecule has 1 nitrogen and oxygen atoms in total. The highest BCUT2D eigenvalue weighted by molar-refractivity contribution is 5.48. The van der Waals surface area contributed by atoms with Gasteiger partial charge in [0, 0.05) is 6.42 Å². The monoisotopic (exact) mass is 260 g/mol. The molecule has 0 aromatic carbocycles. The third-order valence-electron chi connectivity index (χ3n) is 2.66. The number of carbonyl (C=O) groups excluding carboxylic acids is 1. The first kappa shape index (κ1) is 17.6. The first-order chi connectivity index (χ1) is 9.41. The zero-order valence-corrected chi connectivity index (χ0v) is 12.3. The van der Waals surface area contributed by atoms with Gasteiger partial charge in [0.1, 0.15) is 6.29 Å². The molecule has 0 unspecified atom stereocenters. The van der Waals surface area contributed by atoms with E-state index < -0.39 is 0 Å². The first-order valence-electron chi connectivity index (χ1n) is 7.45. The minimum atomic E-state index is 0.702. The van der Waals surface area contributed by atoms with Gasteiger partial charge in [-0.1, -0.05) is 55.5 Å². The van der Waals surface area contributed by atoms with E-state index in [2.05, 4.69) is 55.5 Å². The third kappa shape index (κ3) is 16.6. The largest absolute Gasteiger partial charge is 0.303 e. The van der Waals surface area contributed by atoms with Gasteiger partial charge in [0.2, 0.25) is 0 Å². The summed E-state index contributed by atoms with van der Waals surface area (Å²) < 4.78 is 0. The molecule has 19 heavy (non-hydrogen) atoms. The van der Waals surface area contributed by atoms with Crippen LogP contribution in [-0.2, 0) is 4.79 Å². The second-order valence-corrected chi connectivity index (χ2v) is 4.45. The molecule has 0 aromatic heterocycles. The Morgan fingerprint density at radius 1 is 0.632 bits per heavy atom. The molecule has 0 aromatic rings. The van der Waals surface area contributed by atoms with Gasteiger partial charge in [0.05, 0.1) is 0 Å². The van der Waals surface area contributed by atoms with Crippen molar-refractivity contribution in [3.8, 4) is 0 Å². The third-order valence-corrected chi connectivity index (χ3v) is 2.66. The molecular weight excluding hydrogens is 232 g/mol. The van der Waals surface area contributed by atoms with E-state index in [1.165, 1.54) is 0 Å². The van der Waals surface area contributed by atoms with E-state index in [9.17, 15) is 4.79 Å². The van der Waals surface area contributed by atoms with Crippen LogP contribution in [0.3, 0.4) is 0 Å². The summed E-state index contributed by atoms with van der Waals surface area (Å²) in [5.74, 6) is 0. The SMILES string of the molecule is CC/C=C/C/C=C/C/C=C/C/C=C/CCCCC=O. The summed E-state index contributed by atoms with van der Waals surface area (Å²) in [7, 11) is 0. The molecule has 0 amide bonds. The van der Waals surface area contributed by atoms with Crippen molar-refractivity contribution in [1.29, 1.82) is 0 Å². The fraction of sp³-hybridized carbons (Fsp3) is 0.500. The highest BCUT2D eigenvalue weighted by Gasteiger charge is 1.83. The Morgan fingerprint density at radius 3 is 1.63 bits per heavy atom. The molecule has 0 saturated heterocycles. The summed E-state index contributed by atoms with van der Waals surface area (Å²) in [5, 5.41) is 0. The van der Waals surface area contributed by atoms with Crippen LogP contribution < -0.4 is 0 Å². The van der Waals surface area contributed by atoms with Crippen molar-refractivity contribution in [2.75, 3.05) is 0 Å². The van der Waals surface area contributed by atoms with Crippen molar-refractivity contribution < 1.29 is 4.79 Å². The Balaban J connectivity index is 3.35. The van der Waals surface area contributed by atoms with E-state index in [-0.39, 0.29) is 0 Å². The lowest BCUT2D eigenvalue weighted by Crippen LogP contribution is -1.75. The Morgan fingerprint density at radius 2 is 1.11 bits per heavy atom. The smallest absolute Gasteiger partial charge is 0.119 e. The Kier molecular flexibility index (Phi) is 15.4. The maximum absolute atomic E-state index is 10.1. The fourth-order valence-electron chi connectivity index (χ4n) is 1.59. The first-order valence-corrected chi connectivity index (χ1v) is 7.45. The molecule has 0 spiro atoms. The summed E-state index contributed by atoms with van der Waals surface area (Å²) >= 11 is 0. The standard InChI is InChI=1S/C18H28O/c1-2-3-4-5-6-7-8-9-10-11-12-13-14-15-16-17-18-19/h3-4,6-7,9-10,12-13,18H,2,5,8,11,14-17H2,1H3/b4-3+,7-6+,10-9+,13-12+. The van der Waals surface area contributed by atoms with E-state index >= 15 is 0 Å². The maximum Gasteiger partial charge on any atom is 0.119 e. The summed E-state index contributed by atoms with van der Waals surface area (Å²) in [6, 6.07) is 0. The van der Waals surface area contributed by atoms with E-state index in [4.69, 9.17) is 0 Å². The van der Waals surface area contributed by atoms with Gasteiger partial charge in [0.15, 0.2) is 0 Å². The topological polar surface area (TPSA) is 17.1 Å². The van der Waals surface area contributed by atoms with Gasteiger partial charge in [-0.05, 0) is 44.9 Å². The molecular formula is C18H28O. The van der Waals surface area contributed by atoms with E-state index in [1.807, 2.05) is 0 Å². The molecule has 0 atom stereocenters. The molecule has 1 heteroatoms. The van der Waals surface area contributed by atoms with Crippen molar-refractivity contribution in [2.45, 2.75) is 58.3 Å². The molecule has 0 rings (SSSR count). The van der Waals surface area contributed by atoms with Crippen LogP contribution in [0.1, 0.15) is 58.3 Å². The van der Waals surface area contributed by atoms with Crippen LogP contribution in [0.5, 0.6) is 0 Å². The van der Waals surface area contributed by atoms with Gasteiger partial charge in [-0.15, -0.1) is 0 Å².